The predicted octanol–water partition coefficient (Wildman–Crippen LogP) is 5.05. The third-order valence-electron chi connectivity index (χ3n) is 4.51. The number of hydrogen-bond donors (Lipinski definition) is 1. The van der Waals surface area contributed by atoms with E-state index in [0.29, 0.717) is 23.5 Å². The number of benzene rings is 1. The van der Waals surface area contributed by atoms with E-state index in [2.05, 4.69) is 42.0 Å². The first-order valence-electron chi connectivity index (χ1n) is 7.87. The molecule has 1 aromatic rings. The minimum atomic E-state index is -4.45. The molecule has 1 aromatic carbocycles. The van der Waals surface area contributed by atoms with Crippen LogP contribution in [0.15, 0.2) is 22.7 Å². The van der Waals surface area contributed by atoms with E-state index >= 15 is 0 Å². The number of urea groups is 1. The van der Waals surface area contributed by atoms with Crippen molar-refractivity contribution in [2.24, 2.45) is 11.3 Å². The molecule has 1 saturated heterocycles. The molecule has 1 aliphatic rings. The number of halogens is 4. The van der Waals surface area contributed by atoms with Gasteiger partial charge in [-0.15, -0.1) is 0 Å². The highest BCUT2D eigenvalue weighted by molar-refractivity contribution is 9.10. The zero-order valence-electron chi connectivity index (χ0n) is 14.0. The standard InChI is InChI=1S/C17H22BrF3N2O/c1-16(2,3)12-6-7-23(10-12)15(24)22-9-11-4-5-13(18)8-14(11)17(19,20)21/h4-5,8,12H,6-7,9-10H2,1-3H3,(H,22,24). The summed E-state index contributed by atoms with van der Waals surface area (Å²) in [6.45, 7) is 7.54. The zero-order chi connectivity index (χ0) is 18.1. The van der Waals surface area contributed by atoms with E-state index in [-0.39, 0.29) is 23.6 Å². The van der Waals surface area contributed by atoms with E-state index in [1.54, 1.807) is 11.0 Å². The lowest BCUT2D eigenvalue weighted by Crippen LogP contribution is -2.39. The Labute approximate surface area is 148 Å². The van der Waals surface area contributed by atoms with Gasteiger partial charge in [0.25, 0.3) is 0 Å². The van der Waals surface area contributed by atoms with Crippen LogP contribution in [-0.4, -0.2) is 24.0 Å². The maximum absolute atomic E-state index is 13.1. The van der Waals surface area contributed by atoms with Crippen molar-refractivity contribution in [2.45, 2.75) is 39.9 Å². The third-order valence-corrected chi connectivity index (χ3v) is 5.00. The molecular formula is C17H22BrF3N2O. The number of rotatable bonds is 2. The van der Waals surface area contributed by atoms with Crippen molar-refractivity contribution in [1.82, 2.24) is 10.2 Å². The van der Waals surface area contributed by atoms with Crippen molar-refractivity contribution in [3.05, 3.63) is 33.8 Å². The molecule has 1 heterocycles. The lowest BCUT2D eigenvalue weighted by molar-refractivity contribution is -0.138. The van der Waals surface area contributed by atoms with Gasteiger partial charge in [0.05, 0.1) is 5.56 Å². The molecular weight excluding hydrogens is 385 g/mol. The second-order valence-electron chi connectivity index (χ2n) is 7.26. The molecule has 1 unspecified atom stereocenters. The number of likely N-dealkylation sites (tertiary alicyclic amines) is 1. The first kappa shape index (κ1) is 19.1. The summed E-state index contributed by atoms with van der Waals surface area (Å²) in [5.41, 5.74) is -0.554. The summed E-state index contributed by atoms with van der Waals surface area (Å²) in [6.07, 6.45) is -3.53. The van der Waals surface area contributed by atoms with Crippen LogP contribution in [0.3, 0.4) is 0 Å². The Kier molecular flexibility index (Phi) is 5.52. The molecule has 2 amide bonds. The Morgan fingerprint density at radius 2 is 2.00 bits per heavy atom. The van der Waals surface area contributed by atoms with Gasteiger partial charge in [-0.05, 0) is 35.4 Å². The van der Waals surface area contributed by atoms with Crippen molar-refractivity contribution in [2.75, 3.05) is 13.1 Å². The summed E-state index contributed by atoms with van der Waals surface area (Å²) in [5, 5.41) is 2.62. The van der Waals surface area contributed by atoms with Crippen LogP contribution < -0.4 is 5.32 Å². The van der Waals surface area contributed by atoms with E-state index in [4.69, 9.17) is 0 Å². The molecule has 1 aliphatic heterocycles. The smallest absolute Gasteiger partial charge is 0.334 e. The molecule has 134 valence electrons. The van der Waals surface area contributed by atoms with Crippen LogP contribution in [0, 0.1) is 11.3 Å². The Balaban J connectivity index is 2.01. The second kappa shape index (κ2) is 6.94. The highest BCUT2D eigenvalue weighted by atomic mass is 79.9. The maximum atomic E-state index is 13.1. The molecule has 3 nitrogen and oxygen atoms in total. The zero-order valence-corrected chi connectivity index (χ0v) is 15.6. The van der Waals surface area contributed by atoms with Crippen LogP contribution in [0.1, 0.15) is 38.3 Å². The molecule has 0 bridgehead atoms. The molecule has 1 fully saturated rings. The van der Waals surface area contributed by atoms with Gasteiger partial charge < -0.3 is 10.2 Å². The monoisotopic (exact) mass is 406 g/mol. The predicted molar refractivity (Wildman–Crippen MR) is 90.5 cm³/mol. The van der Waals surface area contributed by atoms with Crippen LogP contribution in [0.4, 0.5) is 18.0 Å². The average molecular weight is 407 g/mol. The summed E-state index contributed by atoms with van der Waals surface area (Å²) >= 11 is 3.05. The highest BCUT2D eigenvalue weighted by Crippen LogP contribution is 2.35. The third kappa shape index (κ3) is 4.65. The highest BCUT2D eigenvalue weighted by Gasteiger charge is 2.35. The normalized spacial score (nSPS) is 18.8. The van der Waals surface area contributed by atoms with Gasteiger partial charge in [0.1, 0.15) is 0 Å². The minimum absolute atomic E-state index is 0.0608. The Bertz CT molecular complexity index is 611. The molecule has 0 saturated carbocycles. The summed E-state index contributed by atoms with van der Waals surface area (Å²) in [5.74, 6) is 0.404. The average Bonchev–Trinajstić information content (AvgIpc) is 2.94. The Hall–Kier alpha value is -1.24. The SMILES string of the molecule is CC(C)(C)C1CCN(C(=O)NCc2ccc(Br)cc2C(F)(F)F)C1. The van der Waals surface area contributed by atoms with Gasteiger partial charge in [-0.2, -0.15) is 13.2 Å². The molecule has 0 spiro atoms. The molecule has 0 radical (unpaired) electrons. The molecule has 7 heteroatoms. The largest absolute Gasteiger partial charge is 0.416 e. The van der Waals surface area contributed by atoms with Gasteiger partial charge in [0, 0.05) is 24.1 Å². The Morgan fingerprint density at radius 1 is 1.33 bits per heavy atom. The number of nitrogens with one attached hydrogen (secondary N) is 1. The number of hydrogen-bond acceptors (Lipinski definition) is 1. The van der Waals surface area contributed by atoms with Crippen molar-refractivity contribution >= 4 is 22.0 Å². The quantitative estimate of drug-likeness (QED) is 0.732. The number of amides is 2. The van der Waals surface area contributed by atoms with Crippen LogP contribution in [0.2, 0.25) is 0 Å². The van der Waals surface area contributed by atoms with E-state index < -0.39 is 11.7 Å². The molecule has 24 heavy (non-hydrogen) atoms. The second-order valence-corrected chi connectivity index (χ2v) is 8.17. The van der Waals surface area contributed by atoms with E-state index in [1.807, 2.05) is 0 Å². The van der Waals surface area contributed by atoms with E-state index in [0.717, 1.165) is 12.5 Å². The fourth-order valence-corrected chi connectivity index (χ4v) is 3.26. The van der Waals surface area contributed by atoms with Crippen LogP contribution >= 0.6 is 15.9 Å². The van der Waals surface area contributed by atoms with Crippen molar-refractivity contribution < 1.29 is 18.0 Å². The lowest BCUT2D eigenvalue weighted by atomic mass is 9.80. The van der Waals surface area contributed by atoms with Crippen LogP contribution in [0.25, 0.3) is 0 Å². The number of carbonyl (C=O) groups is 1. The number of carbonyl (C=O) groups excluding carboxylic acids is 1. The van der Waals surface area contributed by atoms with Crippen molar-refractivity contribution in [1.29, 1.82) is 0 Å². The molecule has 1 atom stereocenters. The van der Waals surface area contributed by atoms with Gasteiger partial charge in [0.2, 0.25) is 0 Å². The fraction of sp³-hybridized carbons (Fsp3) is 0.588. The van der Waals surface area contributed by atoms with Gasteiger partial charge in [0.15, 0.2) is 0 Å². The van der Waals surface area contributed by atoms with E-state index in [9.17, 15) is 18.0 Å². The van der Waals surface area contributed by atoms with E-state index in [1.165, 1.54) is 6.07 Å². The summed E-state index contributed by atoms with van der Waals surface area (Å²) in [7, 11) is 0. The molecule has 1 N–H and O–H groups in total. The molecule has 0 aromatic heterocycles. The number of alkyl halides is 3. The topological polar surface area (TPSA) is 32.3 Å². The minimum Gasteiger partial charge on any atom is -0.334 e. The van der Waals surface area contributed by atoms with Crippen molar-refractivity contribution in [3.8, 4) is 0 Å². The summed E-state index contributed by atoms with van der Waals surface area (Å²) in [6, 6.07) is 3.66. The van der Waals surface area contributed by atoms with Gasteiger partial charge >= 0.3 is 12.2 Å². The van der Waals surface area contributed by atoms with Gasteiger partial charge in [-0.3, -0.25) is 0 Å². The van der Waals surface area contributed by atoms with Crippen molar-refractivity contribution in [3.63, 3.8) is 0 Å². The van der Waals surface area contributed by atoms with Gasteiger partial charge in [-0.1, -0.05) is 42.8 Å². The molecule has 2 rings (SSSR count). The van der Waals surface area contributed by atoms with Crippen LogP contribution in [-0.2, 0) is 12.7 Å². The molecule has 0 aliphatic carbocycles. The van der Waals surface area contributed by atoms with Crippen LogP contribution in [0.5, 0.6) is 0 Å². The number of nitrogens with zero attached hydrogens (tertiary/aromatic N) is 1. The van der Waals surface area contributed by atoms with Gasteiger partial charge in [-0.25, -0.2) is 4.79 Å². The summed E-state index contributed by atoms with van der Waals surface area (Å²) in [4.78, 5) is 13.9. The maximum Gasteiger partial charge on any atom is 0.416 e. The fourth-order valence-electron chi connectivity index (χ4n) is 2.90. The Morgan fingerprint density at radius 3 is 2.54 bits per heavy atom. The first-order valence-corrected chi connectivity index (χ1v) is 8.66. The lowest BCUT2D eigenvalue weighted by Gasteiger charge is -2.27. The summed E-state index contributed by atoms with van der Waals surface area (Å²) < 4.78 is 39.6. The first-order chi connectivity index (χ1) is 11.0.